The van der Waals surface area contributed by atoms with Crippen molar-refractivity contribution in [3.8, 4) is 6.07 Å². The smallest absolute Gasteiger partial charge is 0.289 e. The highest BCUT2D eigenvalue weighted by Crippen LogP contribution is 2.53. The van der Waals surface area contributed by atoms with E-state index in [9.17, 15) is 10.1 Å². The van der Waals surface area contributed by atoms with E-state index in [0.29, 0.717) is 17.8 Å². The van der Waals surface area contributed by atoms with Gasteiger partial charge >= 0.3 is 0 Å². The maximum absolute atomic E-state index is 12.9. The molecule has 1 aliphatic carbocycles. The summed E-state index contributed by atoms with van der Waals surface area (Å²) in [5.41, 5.74) is 10.6. The predicted molar refractivity (Wildman–Crippen MR) is 108 cm³/mol. The Balaban J connectivity index is 1.85. The van der Waals surface area contributed by atoms with E-state index in [1.54, 1.807) is 22.7 Å². The molecule has 1 aliphatic heterocycles. The van der Waals surface area contributed by atoms with Crippen LogP contribution in [0, 0.1) is 24.2 Å². The molecule has 4 heterocycles. The number of aryl methyl sites for hydroxylation is 1. The minimum absolute atomic E-state index is 0.0305. The number of ketones is 1. The molecular formula is C20H17N4OS2+. The number of nitrogens with two attached hydrogens (primary N) is 1. The highest BCUT2D eigenvalue weighted by Gasteiger charge is 2.43. The number of nitrogens with one attached hydrogen (secondary N) is 2. The van der Waals surface area contributed by atoms with Crippen molar-refractivity contribution in [3.05, 3.63) is 50.9 Å². The lowest BCUT2D eigenvalue weighted by Crippen LogP contribution is -2.34. The molecular weight excluding hydrogens is 376 g/mol. The van der Waals surface area contributed by atoms with Gasteiger partial charge in [-0.25, -0.2) is 4.98 Å². The molecule has 3 aromatic heterocycles. The topological polar surface area (TPSA) is 93.1 Å². The molecule has 0 bridgehead atoms. The molecule has 0 unspecified atom stereocenters. The zero-order valence-electron chi connectivity index (χ0n) is 14.6. The summed E-state index contributed by atoms with van der Waals surface area (Å²) in [4.78, 5) is 17.3. The van der Waals surface area contributed by atoms with Gasteiger partial charge in [0.25, 0.3) is 5.82 Å². The summed E-state index contributed by atoms with van der Waals surface area (Å²) in [5.74, 6) is 0.441. The number of hydrogen-bond acceptors (Lipinski definition) is 6. The average Bonchev–Trinajstić information content (AvgIpc) is 3.29. The largest absolute Gasteiger partial charge is 0.350 e. The van der Waals surface area contributed by atoms with Gasteiger partial charge in [0.1, 0.15) is 27.9 Å². The van der Waals surface area contributed by atoms with Crippen LogP contribution in [0.4, 0.5) is 10.8 Å². The minimum atomic E-state index is -0.187. The van der Waals surface area contributed by atoms with E-state index >= 15 is 0 Å². The SMILES string of the molecule is Cc1c(C#N)c(N)[nH+]c2c3c(sc12)NC1=CCCC(=O)[C@H]1[C@@H]3c1cccs1. The van der Waals surface area contributed by atoms with E-state index < -0.39 is 0 Å². The number of anilines is 2. The fraction of sp³-hybridized carbons (Fsp3) is 0.250. The number of rotatable bonds is 1. The summed E-state index contributed by atoms with van der Waals surface area (Å²) in [6, 6.07) is 6.33. The first-order chi connectivity index (χ1) is 13.1. The number of H-pyrrole nitrogens is 1. The molecule has 3 aromatic rings. The zero-order chi connectivity index (χ0) is 18.7. The molecule has 2 atom stereocenters. The number of aromatic amines is 1. The third-order valence-electron chi connectivity index (χ3n) is 5.49. The molecule has 5 rings (SSSR count). The first-order valence-corrected chi connectivity index (χ1v) is 10.5. The van der Waals surface area contributed by atoms with Gasteiger partial charge in [0.2, 0.25) is 0 Å². The Morgan fingerprint density at radius 2 is 2.26 bits per heavy atom. The Hall–Kier alpha value is -2.69. The van der Waals surface area contributed by atoms with E-state index in [-0.39, 0.29) is 17.6 Å². The van der Waals surface area contributed by atoms with E-state index in [0.717, 1.165) is 38.5 Å². The van der Waals surface area contributed by atoms with Crippen LogP contribution in [0.25, 0.3) is 10.2 Å². The fourth-order valence-electron chi connectivity index (χ4n) is 4.27. The summed E-state index contributed by atoms with van der Waals surface area (Å²) in [5, 5.41) is 16.1. The van der Waals surface area contributed by atoms with Crippen molar-refractivity contribution in [1.82, 2.24) is 0 Å². The maximum Gasteiger partial charge on any atom is 0.289 e. The van der Waals surface area contributed by atoms with Crippen LogP contribution in [0.1, 0.15) is 40.3 Å². The summed E-state index contributed by atoms with van der Waals surface area (Å²) >= 11 is 3.30. The molecule has 0 amide bonds. The van der Waals surface area contributed by atoms with Crippen LogP contribution >= 0.6 is 22.7 Å². The lowest BCUT2D eigenvalue weighted by molar-refractivity contribution is -0.327. The van der Waals surface area contributed by atoms with E-state index in [2.05, 4.69) is 33.9 Å². The average molecular weight is 394 g/mol. The molecule has 2 aliphatic rings. The lowest BCUT2D eigenvalue weighted by atomic mass is 9.74. The number of thiophene rings is 2. The summed E-state index contributed by atoms with van der Waals surface area (Å²) < 4.78 is 1.02. The molecule has 27 heavy (non-hydrogen) atoms. The normalized spacial score (nSPS) is 21.2. The van der Waals surface area contributed by atoms with Crippen molar-refractivity contribution in [3.63, 3.8) is 0 Å². The van der Waals surface area contributed by atoms with Crippen LogP contribution in [0.3, 0.4) is 0 Å². The highest BCUT2D eigenvalue weighted by atomic mass is 32.1. The molecule has 7 heteroatoms. The Bertz CT molecular complexity index is 1170. The third kappa shape index (κ3) is 2.27. The molecule has 134 valence electrons. The van der Waals surface area contributed by atoms with Crippen molar-refractivity contribution < 1.29 is 9.78 Å². The molecule has 0 spiro atoms. The van der Waals surface area contributed by atoms with Crippen molar-refractivity contribution in [1.29, 1.82) is 5.26 Å². The number of fused-ring (bicyclic) bond motifs is 4. The van der Waals surface area contributed by atoms with Crippen LogP contribution in [0.15, 0.2) is 29.3 Å². The van der Waals surface area contributed by atoms with Gasteiger partial charge in [0, 0.05) is 28.5 Å². The number of aromatic nitrogens is 1. The fourth-order valence-corrected chi connectivity index (χ4v) is 6.37. The predicted octanol–water partition coefficient (Wildman–Crippen LogP) is 3.96. The number of pyridine rings is 1. The Morgan fingerprint density at radius 3 is 3.00 bits per heavy atom. The lowest BCUT2D eigenvalue weighted by Gasteiger charge is -2.35. The van der Waals surface area contributed by atoms with E-state index in [1.807, 2.05) is 13.0 Å². The standard InChI is InChI=1S/C20H16N4OS2/c1-9-10(8-21)19(22)24-17-16-15(13-6-3-7-26-13)14-11(4-2-5-12(14)25)23-20(16)27-18(9)17/h3-4,6-7,14-15,23H,2,5H2,1H3,(H2,22,24)/p+1/t14-,15-/m0/s1. The first kappa shape index (κ1) is 16.5. The van der Waals surface area contributed by atoms with Crippen molar-refractivity contribution in [2.45, 2.75) is 25.7 Å². The minimum Gasteiger partial charge on any atom is -0.350 e. The number of hydrogen-bond donors (Lipinski definition) is 2. The number of carbonyl (C=O) groups is 1. The summed E-state index contributed by atoms with van der Waals surface area (Å²) in [6.07, 6.45) is 3.52. The summed E-state index contributed by atoms with van der Waals surface area (Å²) in [7, 11) is 0. The number of carbonyl (C=O) groups excluding carboxylic acids is 1. The molecule has 4 N–H and O–H groups in total. The van der Waals surface area contributed by atoms with Crippen molar-refractivity contribution in [2.75, 3.05) is 11.1 Å². The van der Waals surface area contributed by atoms with Gasteiger partial charge in [-0.1, -0.05) is 12.1 Å². The van der Waals surface area contributed by atoms with Crippen LogP contribution in [-0.2, 0) is 4.79 Å². The second-order valence-electron chi connectivity index (χ2n) is 6.96. The molecule has 0 fully saturated rings. The second kappa shape index (κ2) is 5.91. The molecule has 0 radical (unpaired) electrons. The molecule has 0 aromatic carbocycles. The molecule has 5 nitrogen and oxygen atoms in total. The van der Waals surface area contributed by atoms with Crippen LogP contribution < -0.4 is 16.0 Å². The number of nitriles is 1. The van der Waals surface area contributed by atoms with Crippen molar-refractivity contribution >= 4 is 49.5 Å². The number of nitrogens with zero attached hydrogens (tertiary/aromatic N) is 1. The Morgan fingerprint density at radius 1 is 1.41 bits per heavy atom. The molecule has 0 saturated heterocycles. The number of allylic oxidation sites excluding steroid dienone is 2. The van der Waals surface area contributed by atoms with Gasteiger partial charge in [-0.05, 0) is 30.4 Å². The number of Topliss-reactive ketones (excluding diaryl/α,β-unsaturated/α-hetero) is 1. The monoisotopic (exact) mass is 393 g/mol. The van der Waals surface area contributed by atoms with Crippen LogP contribution in [-0.4, -0.2) is 5.78 Å². The Kier molecular flexibility index (Phi) is 3.61. The second-order valence-corrected chi connectivity index (χ2v) is 8.96. The van der Waals surface area contributed by atoms with Crippen LogP contribution in [0.2, 0.25) is 0 Å². The van der Waals surface area contributed by atoms with E-state index in [1.165, 1.54) is 4.88 Å². The molecule has 0 saturated carbocycles. The van der Waals surface area contributed by atoms with Crippen molar-refractivity contribution in [2.24, 2.45) is 5.92 Å². The van der Waals surface area contributed by atoms with Gasteiger partial charge in [-0.3, -0.25) is 10.5 Å². The summed E-state index contributed by atoms with van der Waals surface area (Å²) in [6.45, 7) is 1.94. The van der Waals surface area contributed by atoms with Gasteiger partial charge < -0.3 is 5.32 Å². The first-order valence-electron chi connectivity index (χ1n) is 8.81. The van der Waals surface area contributed by atoms with Gasteiger partial charge in [0.15, 0.2) is 0 Å². The quantitative estimate of drug-likeness (QED) is 0.654. The van der Waals surface area contributed by atoms with Gasteiger partial charge in [-0.15, -0.1) is 22.7 Å². The van der Waals surface area contributed by atoms with Gasteiger partial charge in [0.05, 0.1) is 10.6 Å². The van der Waals surface area contributed by atoms with Crippen LogP contribution in [0.5, 0.6) is 0 Å². The zero-order valence-corrected chi connectivity index (χ0v) is 16.3. The third-order valence-corrected chi connectivity index (χ3v) is 7.69. The highest BCUT2D eigenvalue weighted by molar-refractivity contribution is 7.23. The Labute approximate surface area is 164 Å². The van der Waals surface area contributed by atoms with E-state index in [4.69, 9.17) is 5.73 Å². The maximum atomic E-state index is 12.9. The number of nitrogen functional groups attached to an aromatic ring is 1. The van der Waals surface area contributed by atoms with Gasteiger partial charge in [-0.2, -0.15) is 5.26 Å².